The first-order chi connectivity index (χ1) is 13.3. The molecule has 1 fully saturated rings. The van der Waals surface area contributed by atoms with E-state index < -0.39 is 0 Å². The van der Waals surface area contributed by atoms with Crippen LogP contribution in [0.25, 0.3) is 0 Å². The Morgan fingerprint density at radius 2 is 1.85 bits per heavy atom. The van der Waals surface area contributed by atoms with Crippen molar-refractivity contribution >= 4 is 11.5 Å². The predicted molar refractivity (Wildman–Crippen MR) is 109 cm³/mol. The van der Waals surface area contributed by atoms with Gasteiger partial charge in [-0.3, -0.25) is 0 Å². The van der Waals surface area contributed by atoms with Crippen LogP contribution in [-0.4, -0.2) is 36.6 Å². The number of para-hydroxylation sites is 1. The zero-order chi connectivity index (χ0) is 18.6. The van der Waals surface area contributed by atoms with Crippen LogP contribution >= 0.6 is 0 Å². The summed E-state index contributed by atoms with van der Waals surface area (Å²) in [5, 5.41) is 13.4. The van der Waals surface area contributed by atoms with Gasteiger partial charge < -0.3 is 15.1 Å². The molecule has 1 saturated heterocycles. The minimum Gasteiger partial charge on any atom is -0.379 e. The van der Waals surface area contributed by atoms with Crippen LogP contribution in [0.4, 0.5) is 11.5 Å². The highest BCUT2D eigenvalue weighted by Crippen LogP contribution is 2.32. The van der Waals surface area contributed by atoms with E-state index in [1.165, 1.54) is 30.4 Å². The summed E-state index contributed by atoms with van der Waals surface area (Å²) in [7, 11) is 2.14. The Balaban J connectivity index is 1.72. The van der Waals surface area contributed by atoms with Gasteiger partial charge in [0.05, 0.1) is 17.8 Å². The van der Waals surface area contributed by atoms with Gasteiger partial charge in [-0.2, -0.15) is 5.26 Å². The first-order valence-electron chi connectivity index (χ1n) is 9.93. The largest absolute Gasteiger partial charge is 0.379 e. The summed E-state index contributed by atoms with van der Waals surface area (Å²) in [6.07, 6.45) is 4.57. The maximum absolute atomic E-state index is 9.92. The molecule has 0 amide bonds. The number of piperidine rings is 1. The molecule has 27 heavy (non-hydrogen) atoms. The second-order valence-electron chi connectivity index (χ2n) is 7.58. The van der Waals surface area contributed by atoms with Crippen LogP contribution < -0.4 is 10.2 Å². The fourth-order valence-corrected chi connectivity index (χ4v) is 4.17. The monoisotopic (exact) mass is 361 g/mol. The van der Waals surface area contributed by atoms with Crippen molar-refractivity contribution in [2.45, 2.75) is 38.8 Å². The molecule has 5 nitrogen and oxygen atoms in total. The number of anilines is 2. The number of benzene rings is 1. The summed E-state index contributed by atoms with van der Waals surface area (Å²) in [5.74, 6) is 0.908. The van der Waals surface area contributed by atoms with Crippen LogP contribution in [0, 0.1) is 11.3 Å². The van der Waals surface area contributed by atoms with Crippen molar-refractivity contribution in [1.29, 1.82) is 5.26 Å². The van der Waals surface area contributed by atoms with Gasteiger partial charge in [0.25, 0.3) is 0 Å². The molecule has 0 unspecified atom stereocenters. The standard InChI is InChI=1S/C22H27N5/c1-26-13-10-18-19(14-23)22(27-11-6-3-7-12-27)25-21(20(18)16-26)15-24-17-8-4-2-5-9-17/h2,4-5,8-9,24H,3,6-7,10-13,15-16H2,1H3. The molecule has 0 atom stereocenters. The topological polar surface area (TPSA) is 55.2 Å². The lowest BCUT2D eigenvalue weighted by atomic mass is 9.93. The van der Waals surface area contributed by atoms with Crippen LogP contribution in [0.15, 0.2) is 30.3 Å². The van der Waals surface area contributed by atoms with Gasteiger partial charge in [-0.15, -0.1) is 0 Å². The summed E-state index contributed by atoms with van der Waals surface area (Å²) in [6.45, 7) is 4.56. The minimum atomic E-state index is 0.687. The Hall–Kier alpha value is -2.58. The molecule has 4 rings (SSSR count). The molecule has 1 aromatic carbocycles. The average molecular weight is 361 g/mol. The van der Waals surface area contributed by atoms with Crippen molar-refractivity contribution in [3.63, 3.8) is 0 Å². The molecule has 0 bridgehead atoms. The van der Waals surface area contributed by atoms with Crippen LogP contribution in [0.1, 0.15) is 41.6 Å². The Bertz CT molecular complexity index is 834. The van der Waals surface area contributed by atoms with E-state index in [1.54, 1.807) is 0 Å². The summed E-state index contributed by atoms with van der Waals surface area (Å²) < 4.78 is 0. The van der Waals surface area contributed by atoms with E-state index in [0.29, 0.717) is 6.54 Å². The molecule has 1 aromatic heterocycles. The van der Waals surface area contributed by atoms with Crippen LogP contribution in [-0.2, 0) is 19.5 Å². The Morgan fingerprint density at radius 3 is 2.59 bits per heavy atom. The van der Waals surface area contributed by atoms with E-state index in [4.69, 9.17) is 4.98 Å². The number of pyridine rings is 1. The average Bonchev–Trinajstić information content (AvgIpc) is 2.73. The Morgan fingerprint density at radius 1 is 1.07 bits per heavy atom. The summed E-state index contributed by atoms with van der Waals surface area (Å²) >= 11 is 0. The molecule has 1 N–H and O–H groups in total. The predicted octanol–water partition coefficient (Wildman–Crippen LogP) is 3.54. The van der Waals surface area contributed by atoms with Gasteiger partial charge in [-0.05, 0) is 56.0 Å². The molecular formula is C22H27N5. The lowest BCUT2D eigenvalue weighted by Crippen LogP contribution is -2.34. The van der Waals surface area contributed by atoms with Crippen molar-refractivity contribution in [3.8, 4) is 6.07 Å². The summed E-state index contributed by atoms with van der Waals surface area (Å²) in [5.41, 5.74) is 5.45. The lowest BCUT2D eigenvalue weighted by molar-refractivity contribution is 0.310. The summed E-state index contributed by atoms with van der Waals surface area (Å²) in [6, 6.07) is 12.7. The number of nitrogens with zero attached hydrogens (tertiary/aromatic N) is 4. The molecule has 0 aliphatic carbocycles. The quantitative estimate of drug-likeness (QED) is 0.903. The molecule has 2 aliphatic heterocycles. The van der Waals surface area contributed by atoms with E-state index in [1.807, 2.05) is 18.2 Å². The fraction of sp³-hybridized carbons (Fsp3) is 0.455. The van der Waals surface area contributed by atoms with Gasteiger partial charge >= 0.3 is 0 Å². The molecule has 5 heteroatoms. The number of fused-ring (bicyclic) bond motifs is 1. The van der Waals surface area contributed by atoms with Gasteiger partial charge in [-0.25, -0.2) is 4.98 Å². The van der Waals surface area contributed by atoms with Crippen molar-refractivity contribution in [2.75, 3.05) is 36.9 Å². The van der Waals surface area contributed by atoms with Crippen LogP contribution in [0.3, 0.4) is 0 Å². The molecule has 2 aromatic rings. The number of nitriles is 1. The van der Waals surface area contributed by atoms with Crippen LogP contribution in [0.5, 0.6) is 0 Å². The van der Waals surface area contributed by atoms with Gasteiger partial charge in [0.15, 0.2) is 0 Å². The highest BCUT2D eigenvalue weighted by molar-refractivity contribution is 5.62. The first kappa shape index (κ1) is 17.8. The fourth-order valence-electron chi connectivity index (χ4n) is 4.17. The Kier molecular flexibility index (Phi) is 5.26. The van der Waals surface area contributed by atoms with E-state index in [-0.39, 0.29) is 0 Å². The molecule has 140 valence electrons. The van der Waals surface area contributed by atoms with Gasteiger partial charge in [-0.1, -0.05) is 18.2 Å². The lowest BCUT2D eigenvalue weighted by Gasteiger charge is -2.33. The zero-order valence-electron chi connectivity index (χ0n) is 16.0. The minimum absolute atomic E-state index is 0.687. The number of aromatic nitrogens is 1. The number of rotatable bonds is 4. The maximum atomic E-state index is 9.92. The van der Waals surface area contributed by atoms with Crippen LogP contribution in [0.2, 0.25) is 0 Å². The third-order valence-corrected chi connectivity index (χ3v) is 5.65. The smallest absolute Gasteiger partial charge is 0.147 e. The van der Waals surface area contributed by atoms with E-state index in [9.17, 15) is 5.26 Å². The highest BCUT2D eigenvalue weighted by Gasteiger charge is 2.26. The number of hydrogen-bond acceptors (Lipinski definition) is 5. The molecule has 0 radical (unpaired) electrons. The molecule has 2 aliphatic rings. The normalized spacial score (nSPS) is 17.3. The molecule has 0 spiro atoms. The summed E-state index contributed by atoms with van der Waals surface area (Å²) in [4.78, 5) is 9.69. The van der Waals surface area contributed by atoms with E-state index in [2.05, 4.69) is 40.4 Å². The second kappa shape index (κ2) is 7.98. The third kappa shape index (κ3) is 3.77. The SMILES string of the molecule is CN1CCc2c(C#N)c(N3CCCCC3)nc(CNc3ccccc3)c2C1. The number of hydrogen-bond donors (Lipinski definition) is 1. The zero-order valence-corrected chi connectivity index (χ0v) is 16.0. The second-order valence-corrected chi connectivity index (χ2v) is 7.58. The van der Waals surface area contributed by atoms with Crippen molar-refractivity contribution in [3.05, 3.63) is 52.7 Å². The van der Waals surface area contributed by atoms with E-state index >= 15 is 0 Å². The van der Waals surface area contributed by atoms with Gasteiger partial charge in [0, 0.05) is 31.9 Å². The molecule has 0 saturated carbocycles. The van der Waals surface area contributed by atoms with Crippen molar-refractivity contribution in [2.24, 2.45) is 0 Å². The maximum Gasteiger partial charge on any atom is 0.147 e. The molecular weight excluding hydrogens is 334 g/mol. The van der Waals surface area contributed by atoms with E-state index in [0.717, 1.165) is 55.4 Å². The highest BCUT2D eigenvalue weighted by atomic mass is 15.2. The third-order valence-electron chi connectivity index (χ3n) is 5.65. The first-order valence-corrected chi connectivity index (χ1v) is 9.93. The van der Waals surface area contributed by atoms with Gasteiger partial charge in [0.1, 0.15) is 11.9 Å². The Labute approximate surface area is 161 Å². The number of likely N-dealkylation sites (N-methyl/N-ethyl adjacent to an activating group) is 1. The van der Waals surface area contributed by atoms with Crippen molar-refractivity contribution in [1.82, 2.24) is 9.88 Å². The van der Waals surface area contributed by atoms with Crippen molar-refractivity contribution < 1.29 is 0 Å². The number of nitrogens with one attached hydrogen (secondary N) is 1. The molecule has 3 heterocycles. The van der Waals surface area contributed by atoms with Gasteiger partial charge in [0.2, 0.25) is 0 Å².